The second-order valence-electron chi connectivity index (χ2n) is 4.00. The first-order valence-corrected chi connectivity index (χ1v) is 5.55. The van der Waals surface area contributed by atoms with Crippen LogP contribution in [0.3, 0.4) is 0 Å². The molecule has 2 nitrogen and oxygen atoms in total. The number of benzene rings is 1. The number of nitrogens with zero attached hydrogens (tertiary/aromatic N) is 2. The van der Waals surface area contributed by atoms with Gasteiger partial charge in [-0.25, -0.2) is 0 Å². The van der Waals surface area contributed by atoms with E-state index in [1.54, 1.807) is 6.20 Å². The summed E-state index contributed by atoms with van der Waals surface area (Å²) in [5, 5.41) is 11.3. The van der Waals surface area contributed by atoms with Gasteiger partial charge in [-0.2, -0.15) is 5.26 Å². The molecule has 0 bridgehead atoms. The van der Waals surface area contributed by atoms with Crippen molar-refractivity contribution in [2.24, 2.45) is 5.92 Å². The maximum atomic E-state index is 8.94. The Morgan fingerprint density at radius 1 is 1.31 bits per heavy atom. The van der Waals surface area contributed by atoms with Crippen LogP contribution in [0.25, 0.3) is 10.8 Å². The number of hydrogen-bond acceptors (Lipinski definition) is 2. The van der Waals surface area contributed by atoms with Crippen molar-refractivity contribution in [3.05, 3.63) is 42.2 Å². The molecule has 0 N–H and O–H groups in total. The fourth-order valence-corrected chi connectivity index (χ4v) is 1.83. The lowest BCUT2D eigenvalue weighted by atomic mass is 9.97. The normalized spacial score (nSPS) is 12.2. The summed E-state index contributed by atoms with van der Waals surface area (Å²) < 4.78 is 0. The third-order valence-corrected chi connectivity index (χ3v) is 2.86. The third-order valence-electron chi connectivity index (χ3n) is 2.86. The molecule has 1 aromatic carbocycles. The van der Waals surface area contributed by atoms with E-state index in [2.05, 4.69) is 36.2 Å². The van der Waals surface area contributed by atoms with Crippen molar-refractivity contribution in [3.8, 4) is 6.07 Å². The standard InChI is InChI=1S/C14H14N2/c1-2-11(9-15)7-12-3-4-14-10-16-6-5-13(14)8-12/h3-6,8,10-11H,2,7H2,1H3. The fourth-order valence-electron chi connectivity index (χ4n) is 1.83. The van der Waals surface area contributed by atoms with Gasteiger partial charge in [0.1, 0.15) is 0 Å². The van der Waals surface area contributed by atoms with Gasteiger partial charge in [-0.05, 0) is 29.9 Å². The first kappa shape index (κ1) is 10.6. The lowest BCUT2D eigenvalue weighted by Gasteiger charge is -2.06. The van der Waals surface area contributed by atoms with Crippen LogP contribution in [0.1, 0.15) is 18.9 Å². The molecular formula is C14H14N2. The Labute approximate surface area is 95.6 Å². The summed E-state index contributed by atoms with van der Waals surface area (Å²) in [4.78, 5) is 4.08. The lowest BCUT2D eigenvalue weighted by molar-refractivity contribution is 0.638. The topological polar surface area (TPSA) is 36.7 Å². The molecule has 0 saturated carbocycles. The summed E-state index contributed by atoms with van der Waals surface area (Å²) >= 11 is 0. The fraction of sp³-hybridized carbons (Fsp3) is 0.286. The molecule has 0 amide bonds. The number of aromatic nitrogens is 1. The van der Waals surface area contributed by atoms with E-state index in [1.165, 1.54) is 10.9 Å². The summed E-state index contributed by atoms with van der Waals surface area (Å²) in [6, 6.07) is 10.7. The lowest BCUT2D eigenvalue weighted by Crippen LogP contribution is -1.99. The van der Waals surface area contributed by atoms with Crippen LogP contribution in [-0.4, -0.2) is 4.98 Å². The molecule has 0 aliphatic heterocycles. The Morgan fingerprint density at radius 2 is 2.19 bits per heavy atom. The van der Waals surface area contributed by atoms with Gasteiger partial charge in [0.15, 0.2) is 0 Å². The van der Waals surface area contributed by atoms with Gasteiger partial charge in [0, 0.05) is 17.8 Å². The molecule has 0 spiro atoms. The molecule has 1 unspecified atom stereocenters. The van der Waals surface area contributed by atoms with Crippen molar-refractivity contribution >= 4 is 10.8 Å². The highest BCUT2D eigenvalue weighted by Gasteiger charge is 2.06. The van der Waals surface area contributed by atoms with Gasteiger partial charge in [0.25, 0.3) is 0 Å². The number of pyridine rings is 1. The van der Waals surface area contributed by atoms with Crippen LogP contribution >= 0.6 is 0 Å². The van der Waals surface area contributed by atoms with Crippen LogP contribution in [0.4, 0.5) is 0 Å². The van der Waals surface area contributed by atoms with Crippen LogP contribution in [-0.2, 0) is 6.42 Å². The van der Waals surface area contributed by atoms with E-state index in [9.17, 15) is 0 Å². The second kappa shape index (κ2) is 4.76. The highest BCUT2D eigenvalue weighted by molar-refractivity contribution is 5.81. The quantitative estimate of drug-likeness (QED) is 0.779. The minimum atomic E-state index is 0.124. The smallest absolute Gasteiger partial charge is 0.0659 e. The molecule has 2 heteroatoms. The maximum absolute atomic E-state index is 8.94. The third kappa shape index (κ3) is 2.20. The molecule has 16 heavy (non-hydrogen) atoms. The molecule has 0 aliphatic carbocycles. The minimum Gasteiger partial charge on any atom is -0.264 e. The highest BCUT2D eigenvalue weighted by Crippen LogP contribution is 2.18. The van der Waals surface area contributed by atoms with E-state index in [-0.39, 0.29) is 5.92 Å². The van der Waals surface area contributed by atoms with Crippen LogP contribution < -0.4 is 0 Å². The van der Waals surface area contributed by atoms with Crippen molar-refractivity contribution in [2.75, 3.05) is 0 Å². The summed E-state index contributed by atoms with van der Waals surface area (Å²) in [6.45, 7) is 2.05. The Balaban J connectivity index is 2.30. The van der Waals surface area contributed by atoms with Gasteiger partial charge in [0.2, 0.25) is 0 Å². The summed E-state index contributed by atoms with van der Waals surface area (Å²) in [5.41, 5.74) is 1.23. The van der Waals surface area contributed by atoms with E-state index in [4.69, 9.17) is 5.26 Å². The Hall–Kier alpha value is -1.88. The molecule has 2 aromatic rings. The van der Waals surface area contributed by atoms with E-state index < -0.39 is 0 Å². The van der Waals surface area contributed by atoms with E-state index in [1.807, 2.05) is 12.3 Å². The number of fused-ring (bicyclic) bond motifs is 1. The number of nitriles is 1. The average molecular weight is 210 g/mol. The zero-order chi connectivity index (χ0) is 11.4. The Morgan fingerprint density at radius 3 is 2.94 bits per heavy atom. The largest absolute Gasteiger partial charge is 0.264 e. The van der Waals surface area contributed by atoms with Crippen molar-refractivity contribution in [3.63, 3.8) is 0 Å². The first-order valence-electron chi connectivity index (χ1n) is 5.55. The molecule has 0 aliphatic rings. The zero-order valence-electron chi connectivity index (χ0n) is 9.35. The molecule has 2 rings (SSSR count). The predicted molar refractivity (Wildman–Crippen MR) is 64.8 cm³/mol. The van der Waals surface area contributed by atoms with Crippen molar-refractivity contribution < 1.29 is 0 Å². The molecule has 0 saturated heterocycles. The van der Waals surface area contributed by atoms with Crippen molar-refractivity contribution in [1.82, 2.24) is 4.98 Å². The first-order chi connectivity index (χ1) is 7.83. The highest BCUT2D eigenvalue weighted by atomic mass is 14.6. The summed E-state index contributed by atoms with van der Waals surface area (Å²) in [6.07, 6.45) is 5.41. The van der Waals surface area contributed by atoms with Gasteiger partial charge in [-0.3, -0.25) is 4.98 Å². The second-order valence-corrected chi connectivity index (χ2v) is 4.00. The van der Waals surface area contributed by atoms with Gasteiger partial charge in [-0.1, -0.05) is 25.1 Å². The van der Waals surface area contributed by atoms with Gasteiger partial charge >= 0.3 is 0 Å². The van der Waals surface area contributed by atoms with Crippen molar-refractivity contribution in [1.29, 1.82) is 5.26 Å². The molecule has 0 fully saturated rings. The van der Waals surface area contributed by atoms with E-state index in [0.29, 0.717) is 0 Å². The average Bonchev–Trinajstić information content (AvgIpc) is 2.35. The van der Waals surface area contributed by atoms with Gasteiger partial charge in [0.05, 0.1) is 12.0 Å². The Bertz CT molecular complexity index is 525. The van der Waals surface area contributed by atoms with Gasteiger partial charge in [-0.15, -0.1) is 0 Å². The predicted octanol–water partition coefficient (Wildman–Crippen LogP) is 3.33. The zero-order valence-corrected chi connectivity index (χ0v) is 9.35. The van der Waals surface area contributed by atoms with Crippen LogP contribution in [0.2, 0.25) is 0 Å². The maximum Gasteiger partial charge on any atom is 0.0659 e. The molecule has 80 valence electrons. The van der Waals surface area contributed by atoms with Crippen LogP contribution in [0.5, 0.6) is 0 Å². The monoisotopic (exact) mass is 210 g/mol. The SMILES string of the molecule is CCC(C#N)Cc1ccc2cnccc2c1. The Kier molecular flexibility index (Phi) is 3.16. The number of rotatable bonds is 3. The molecule has 1 atom stereocenters. The molecule has 1 aromatic heterocycles. The van der Waals surface area contributed by atoms with Crippen LogP contribution in [0.15, 0.2) is 36.7 Å². The number of hydrogen-bond donors (Lipinski definition) is 0. The molecule has 1 heterocycles. The van der Waals surface area contributed by atoms with Gasteiger partial charge < -0.3 is 0 Å². The minimum absolute atomic E-state index is 0.124. The molecular weight excluding hydrogens is 196 g/mol. The van der Waals surface area contributed by atoms with E-state index >= 15 is 0 Å². The summed E-state index contributed by atoms with van der Waals surface area (Å²) in [7, 11) is 0. The van der Waals surface area contributed by atoms with E-state index in [0.717, 1.165) is 18.2 Å². The van der Waals surface area contributed by atoms with Crippen molar-refractivity contribution in [2.45, 2.75) is 19.8 Å². The molecule has 0 radical (unpaired) electrons. The van der Waals surface area contributed by atoms with Crippen LogP contribution in [0, 0.1) is 17.2 Å². The summed E-state index contributed by atoms with van der Waals surface area (Å²) in [5.74, 6) is 0.124.